The van der Waals surface area contributed by atoms with Crippen molar-refractivity contribution in [2.75, 3.05) is 26.7 Å². The van der Waals surface area contributed by atoms with Crippen LogP contribution in [0.1, 0.15) is 30.1 Å². The zero-order valence-corrected chi connectivity index (χ0v) is 15.8. The zero-order valence-electron chi connectivity index (χ0n) is 15.0. The first kappa shape index (κ1) is 19.2. The van der Waals surface area contributed by atoms with E-state index in [9.17, 15) is 9.50 Å². The van der Waals surface area contributed by atoms with Crippen LogP contribution in [-0.2, 0) is 6.42 Å². The molecule has 0 bridgehead atoms. The third-order valence-corrected chi connectivity index (χ3v) is 5.37. The molecule has 0 aliphatic carbocycles. The number of nitrogens with zero attached hydrogens (tertiary/aromatic N) is 1. The van der Waals surface area contributed by atoms with E-state index in [-0.39, 0.29) is 5.82 Å². The Bertz CT molecular complexity index is 714. The third kappa shape index (κ3) is 4.97. The van der Waals surface area contributed by atoms with Crippen LogP contribution in [0.25, 0.3) is 0 Å². The fraction of sp³-hybridized carbons (Fsp3) is 0.429. The summed E-state index contributed by atoms with van der Waals surface area (Å²) < 4.78 is 18.3. The van der Waals surface area contributed by atoms with Gasteiger partial charge in [0.25, 0.3) is 0 Å². The van der Waals surface area contributed by atoms with E-state index in [1.807, 2.05) is 18.2 Å². The molecule has 2 aromatic carbocycles. The van der Waals surface area contributed by atoms with Crippen molar-refractivity contribution >= 4 is 11.6 Å². The number of benzene rings is 2. The van der Waals surface area contributed by atoms with Gasteiger partial charge < -0.3 is 14.7 Å². The van der Waals surface area contributed by atoms with Crippen LogP contribution in [0.15, 0.2) is 42.5 Å². The molecule has 2 aromatic rings. The van der Waals surface area contributed by atoms with Crippen LogP contribution < -0.4 is 4.74 Å². The van der Waals surface area contributed by atoms with E-state index < -0.39 is 6.10 Å². The lowest BCUT2D eigenvalue weighted by molar-refractivity contribution is 0.0876. The van der Waals surface area contributed by atoms with E-state index in [2.05, 4.69) is 4.90 Å². The van der Waals surface area contributed by atoms with Gasteiger partial charge >= 0.3 is 0 Å². The summed E-state index contributed by atoms with van der Waals surface area (Å²) in [6, 6.07) is 12.1. The standard InChI is InChI=1S/C21H25ClFNO2/c1-26-21-13-17(22)4-7-19(21)20(25)14-24-10-8-16(9-11-24)12-15-2-5-18(23)6-3-15/h2-7,13,16,20,25H,8-12,14H2,1H3. The number of aliphatic hydroxyl groups is 1. The second-order valence-corrected chi connectivity index (χ2v) is 7.41. The number of aliphatic hydroxyl groups excluding tert-OH is 1. The topological polar surface area (TPSA) is 32.7 Å². The van der Waals surface area contributed by atoms with Crippen molar-refractivity contribution in [2.24, 2.45) is 5.92 Å². The highest BCUT2D eigenvalue weighted by Crippen LogP contribution is 2.30. The van der Waals surface area contributed by atoms with Gasteiger partial charge in [-0.3, -0.25) is 0 Å². The minimum Gasteiger partial charge on any atom is -0.496 e. The summed E-state index contributed by atoms with van der Waals surface area (Å²) in [6.07, 6.45) is 2.56. The quantitative estimate of drug-likeness (QED) is 0.805. The van der Waals surface area contributed by atoms with Gasteiger partial charge in [-0.25, -0.2) is 4.39 Å². The molecule has 0 spiro atoms. The number of β-amino-alcohol motifs (C(OH)–C–C–N with tert-alkyl or cyclic N) is 1. The Labute approximate surface area is 159 Å². The molecule has 0 aromatic heterocycles. The lowest BCUT2D eigenvalue weighted by Crippen LogP contribution is -2.37. The van der Waals surface area contributed by atoms with Gasteiger partial charge in [-0.15, -0.1) is 0 Å². The van der Waals surface area contributed by atoms with E-state index in [0.29, 0.717) is 23.2 Å². The van der Waals surface area contributed by atoms with Gasteiger partial charge in [-0.2, -0.15) is 0 Å². The van der Waals surface area contributed by atoms with Crippen molar-refractivity contribution in [3.63, 3.8) is 0 Å². The first-order valence-electron chi connectivity index (χ1n) is 9.03. The predicted octanol–water partition coefficient (Wildman–Crippen LogP) is 4.48. The molecule has 1 aliphatic heterocycles. The second kappa shape index (κ2) is 8.85. The molecule has 0 radical (unpaired) electrons. The molecule has 1 atom stereocenters. The van der Waals surface area contributed by atoms with E-state index in [4.69, 9.17) is 16.3 Å². The van der Waals surface area contributed by atoms with Gasteiger partial charge in [0.15, 0.2) is 0 Å². The van der Waals surface area contributed by atoms with Gasteiger partial charge in [0.2, 0.25) is 0 Å². The van der Waals surface area contributed by atoms with Crippen molar-refractivity contribution < 1.29 is 14.2 Å². The van der Waals surface area contributed by atoms with E-state index in [0.717, 1.165) is 37.9 Å². The highest BCUT2D eigenvalue weighted by molar-refractivity contribution is 6.30. The molecule has 1 fully saturated rings. The van der Waals surface area contributed by atoms with Crippen LogP contribution in [0.3, 0.4) is 0 Å². The molecule has 1 aliphatic rings. The summed E-state index contributed by atoms with van der Waals surface area (Å²) in [5.41, 5.74) is 1.96. The zero-order chi connectivity index (χ0) is 18.5. The number of methoxy groups -OCH3 is 1. The molecule has 1 N–H and O–H groups in total. The SMILES string of the molecule is COc1cc(Cl)ccc1C(O)CN1CCC(Cc2ccc(F)cc2)CC1. The first-order valence-corrected chi connectivity index (χ1v) is 9.41. The first-order chi connectivity index (χ1) is 12.5. The summed E-state index contributed by atoms with van der Waals surface area (Å²) in [7, 11) is 1.59. The monoisotopic (exact) mass is 377 g/mol. The fourth-order valence-corrected chi connectivity index (χ4v) is 3.79. The summed E-state index contributed by atoms with van der Waals surface area (Å²) in [5.74, 6) is 1.05. The Balaban J connectivity index is 1.51. The van der Waals surface area contributed by atoms with E-state index >= 15 is 0 Å². The Morgan fingerprint density at radius 1 is 1.19 bits per heavy atom. The van der Waals surface area contributed by atoms with Crippen LogP contribution in [0.2, 0.25) is 5.02 Å². The van der Waals surface area contributed by atoms with Crippen LogP contribution in [-0.4, -0.2) is 36.8 Å². The molecule has 1 unspecified atom stereocenters. The summed E-state index contributed by atoms with van der Waals surface area (Å²) >= 11 is 5.99. The third-order valence-electron chi connectivity index (χ3n) is 5.13. The smallest absolute Gasteiger partial charge is 0.126 e. The molecule has 1 saturated heterocycles. The Morgan fingerprint density at radius 3 is 2.54 bits per heavy atom. The average Bonchev–Trinajstić information content (AvgIpc) is 2.65. The molecule has 5 heteroatoms. The highest BCUT2D eigenvalue weighted by atomic mass is 35.5. The number of hydrogen-bond donors (Lipinski definition) is 1. The predicted molar refractivity (Wildman–Crippen MR) is 102 cm³/mol. The van der Waals surface area contributed by atoms with Gasteiger partial charge in [0.05, 0.1) is 13.2 Å². The minimum atomic E-state index is -0.601. The summed E-state index contributed by atoms with van der Waals surface area (Å²) in [6.45, 7) is 2.50. The fourth-order valence-electron chi connectivity index (χ4n) is 3.63. The maximum absolute atomic E-state index is 13.0. The van der Waals surface area contributed by atoms with E-state index in [1.54, 1.807) is 19.2 Å². The molecular formula is C21H25ClFNO2. The highest BCUT2D eigenvalue weighted by Gasteiger charge is 2.23. The van der Waals surface area contributed by atoms with E-state index in [1.165, 1.54) is 17.7 Å². The van der Waals surface area contributed by atoms with Gasteiger partial charge in [-0.1, -0.05) is 29.8 Å². The number of piperidine rings is 1. The minimum absolute atomic E-state index is 0.185. The lowest BCUT2D eigenvalue weighted by atomic mass is 9.90. The maximum atomic E-state index is 13.0. The molecule has 140 valence electrons. The van der Waals surface area contributed by atoms with Crippen LogP contribution in [0.5, 0.6) is 5.75 Å². The molecule has 0 saturated carbocycles. The van der Waals surface area contributed by atoms with Crippen LogP contribution in [0, 0.1) is 11.7 Å². The van der Waals surface area contributed by atoms with Gasteiger partial charge in [0.1, 0.15) is 11.6 Å². The average molecular weight is 378 g/mol. The Hall–Kier alpha value is -1.62. The van der Waals surface area contributed by atoms with Crippen LogP contribution >= 0.6 is 11.6 Å². The number of ether oxygens (including phenoxy) is 1. The number of rotatable bonds is 6. The van der Waals surface area contributed by atoms with Crippen molar-refractivity contribution in [3.8, 4) is 5.75 Å². The summed E-state index contributed by atoms with van der Waals surface area (Å²) in [4.78, 5) is 2.29. The second-order valence-electron chi connectivity index (χ2n) is 6.98. The van der Waals surface area contributed by atoms with Crippen LogP contribution in [0.4, 0.5) is 4.39 Å². The maximum Gasteiger partial charge on any atom is 0.126 e. The molecule has 1 heterocycles. The van der Waals surface area contributed by atoms with Crippen molar-refractivity contribution in [1.29, 1.82) is 0 Å². The Morgan fingerprint density at radius 2 is 1.88 bits per heavy atom. The number of likely N-dealkylation sites (tertiary alicyclic amines) is 1. The molecule has 26 heavy (non-hydrogen) atoms. The molecule has 3 nitrogen and oxygen atoms in total. The van der Waals surface area contributed by atoms with Gasteiger partial charge in [-0.05, 0) is 68.1 Å². The normalized spacial score (nSPS) is 17.2. The molecular weight excluding hydrogens is 353 g/mol. The lowest BCUT2D eigenvalue weighted by Gasteiger charge is -2.33. The number of halogens is 2. The van der Waals surface area contributed by atoms with Crippen molar-refractivity contribution in [1.82, 2.24) is 4.90 Å². The van der Waals surface area contributed by atoms with Gasteiger partial charge in [0, 0.05) is 17.1 Å². The molecule has 3 rings (SSSR count). The molecule has 0 amide bonds. The van der Waals surface area contributed by atoms with Crippen molar-refractivity contribution in [2.45, 2.75) is 25.4 Å². The summed E-state index contributed by atoms with van der Waals surface area (Å²) in [5, 5.41) is 11.2. The number of hydrogen-bond acceptors (Lipinski definition) is 3. The van der Waals surface area contributed by atoms with Crippen molar-refractivity contribution in [3.05, 3.63) is 64.4 Å². The Kier molecular flexibility index (Phi) is 6.52. The largest absolute Gasteiger partial charge is 0.496 e.